The number of amides is 1. The topological polar surface area (TPSA) is 52.6 Å². The van der Waals surface area contributed by atoms with Crippen molar-refractivity contribution in [1.82, 2.24) is 10.4 Å². The Morgan fingerprint density at radius 3 is 2.61 bits per heavy atom. The van der Waals surface area contributed by atoms with E-state index in [1.807, 2.05) is 19.2 Å². The highest BCUT2D eigenvalue weighted by Crippen LogP contribution is 2.09. The van der Waals surface area contributed by atoms with Gasteiger partial charge in [0.15, 0.2) is 0 Å². The van der Waals surface area contributed by atoms with Crippen LogP contribution in [0.25, 0.3) is 0 Å². The predicted octanol–water partition coefficient (Wildman–Crippen LogP) is 1.30. The fourth-order valence-electron chi connectivity index (χ4n) is 1.65. The van der Waals surface area contributed by atoms with E-state index in [2.05, 4.69) is 17.7 Å². The van der Waals surface area contributed by atoms with Crippen molar-refractivity contribution in [2.24, 2.45) is 0 Å². The van der Waals surface area contributed by atoms with Gasteiger partial charge in [0.2, 0.25) is 0 Å². The molecule has 4 nitrogen and oxygen atoms in total. The van der Waals surface area contributed by atoms with Gasteiger partial charge in [-0.2, -0.15) is 0 Å². The van der Waals surface area contributed by atoms with E-state index in [-0.39, 0.29) is 0 Å². The SMILES string of the molecule is C#CCN(C)C(C)Cc1ccc(C(=O)NO)cc1. The molecule has 0 saturated heterocycles. The first-order valence-electron chi connectivity index (χ1n) is 5.75. The monoisotopic (exact) mass is 246 g/mol. The third kappa shape index (κ3) is 3.88. The Kier molecular flexibility index (Phi) is 5.37. The van der Waals surface area contributed by atoms with Crippen molar-refractivity contribution in [3.05, 3.63) is 35.4 Å². The maximum atomic E-state index is 11.1. The molecule has 0 aliphatic rings. The zero-order chi connectivity index (χ0) is 13.5. The molecule has 4 heteroatoms. The van der Waals surface area contributed by atoms with E-state index in [0.717, 1.165) is 12.0 Å². The Morgan fingerprint density at radius 1 is 1.50 bits per heavy atom. The van der Waals surface area contributed by atoms with Crippen molar-refractivity contribution in [2.45, 2.75) is 19.4 Å². The molecule has 96 valence electrons. The van der Waals surface area contributed by atoms with Crippen LogP contribution in [0.1, 0.15) is 22.8 Å². The summed E-state index contributed by atoms with van der Waals surface area (Å²) in [6.07, 6.45) is 6.13. The summed E-state index contributed by atoms with van der Waals surface area (Å²) in [6, 6.07) is 7.47. The normalized spacial score (nSPS) is 11.9. The number of nitrogens with zero attached hydrogens (tertiary/aromatic N) is 1. The second kappa shape index (κ2) is 6.80. The summed E-state index contributed by atoms with van der Waals surface area (Å²) >= 11 is 0. The highest BCUT2D eigenvalue weighted by Gasteiger charge is 2.09. The third-order valence-electron chi connectivity index (χ3n) is 2.94. The molecule has 0 radical (unpaired) electrons. The van der Waals surface area contributed by atoms with Crippen LogP contribution in [-0.4, -0.2) is 35.6 Å². The number of rotatable bonds is 5. The molecule has 1 amide bonds. The van der Waals surface area contributed by atoms with Crippen LogP contribution in [0.2, 0.25) is 0 Å². The average molecular weight is 246 g/mol. The molecular weight excluding hydrogens is 228 g/mol. The summed E-state index contributed by atoms with van der Waals surface area (Å²) in [4.78, 5) is 13.2. The maximum Gasteiger partial charge on any atom is 0.274 e. The second-order valence-corrected chi connectivity index (χ2v) is 4.31. The lowest BCUT2D eigenvalue weighted by Crippen LogP contribution is -2.31. The number of hydrogen-bond acceptors (Lipinski definition) is 3. The van der Waals surface area contributed by atoms with Gasteiger partial charge in [-0.25, -0.2) is 5.48 Å². The summed E-state index contributed by atoms with van der Waals surface area (Å²) in [5.74, 6) is 2.11. The van der Waals surface area contributed by atoms with Gasteiger partial charge < -0.3 is 0 Å². The molecule has 2 N–H and O–H groups in total. The highest BCUT2D eigenvalue weighted by atomic mass is 16.5. The fourth-order valence-corrected chi connectivity index (χ4v) is 1.65. The van der Waals surface area contributed by atoms with Gasteiger partial charge in [-0.15, -0.1) is 6.42 Å². The molecule has 0 fully saturated rings. The molecule has 0 saturated carbocycles. The molecule has 0 heterocycles. The lowest BCUT2D eigenvalue weighted by Gasteiger charge is -2.22. The number of benzene rings is 1. The summed E-state index contributed by atoms with van der Waals surface area (Å²) in [7, 11) is 1.98. The van der Waals surface area contributed by atoms with Crippen molar-refractivity contribution in [2.75, 3.05) is 13.6 Å². The molecule has 18 heavy (non-hydrogen) atoms. The summed E-state index contributed by atoms with van der Waals surface area (Å²) in [6.45, 7) is 2.72. The van der Waals surface area contributed by atoms with E-state index in [9.17, 15) is 4.79 Å². The highest BCUT2D eigenvalue weighted by molar-refractivity contribution is 5.93. The maximum absolute atomic E-state index is 11.1. The quantitative estimate of drug-likeness (QED) is 0.468. The molecule has 1 atom stereocenters. The van der Waals surface area contributed by atoms with Gasteiger partial charge in [0, 0.05) is 11.6 Å². The molecule has 1 unspecified atom stereocenters. The van der Waals surface area contributed by atoms with Gasteiger partial charge in [0.05, 0.1) is 6.54 Å². The van der Waals surface area contributed by atoms with Gasteiger partial charge in [-0.1, -0.05) is 18.1 Å². The number of nitrogens with one attached hydrogen (secondary N) is 1. The molecule has 0 aliphatic heterocycles. The minimum absolute atomic E-state index is 0.332. The fraction of sp³-hybridized carbons (Fsp3) is 0.357. The molecule has 1 rings (SSSR count). The van der Waals surface area contributed by atoms with E-state index in [1.165, 1.54) is 0 Å². The number of carbonyl (C=O) groups is 1. The smallest absolute Gasteiger partial charge is 0.274 e. The van der Waals surface area contributed by atoms with Crippen LogP contribution >= 0.6 is 0 Å². The summed E-state index contributed by atoms with van der Waals surface area (Å²) in [5.41, 5.74) is 3.17. The van der Waals surface area contributed by atoms with E-state index in [0.29, 0.717) is 18.2 Å². The van der Waals surface area contributed by atoms with Crippen molar-refractivity contribution in [3.8, 4) is 12.3 Å². The van der Waals surface area contributed by atoms with Crippen molar-refractivity contribution in [3.63, 3.8) is 0 Å². The van der Waals surface area contributed by atoms with E-state index < -0.39 is 5.91 Å². The number of terminal acetylenes is 1. The molecule has 0 aliphatic carbocycles. The minimum atomic E-state index is -0.501. The van der Waals surface area contributed by atoms with Gasteiger partial charge in [-0.3, -0.25) is 14.9 Å². The predicted molar refractivity (Wildman–Crippen MR) is 70.3 cm³/mol. The molecule has 0 spiro atoms. The Hall–Kier alpha value is -1.83. The third-order valence-corrected chi connectivity index (χ3v) is 2.94. The lowest BCUT2D eigenvalue weighted by atomic mass is 10.0. The summed E-state index contributed by atoms with van der Waals surface area (Å²) < 4.78 is 0. The Bertz CT molecular complexity index is 434. The Labute approximate surface area is 108 Å². The van der Waals surface area contributed by atoms with Crippen LogP contribution in [0.15, 0.2) is 24.3 Å². The average Bonchev–Trinajstić information content (AvgIpc) is 2.39. The number of carbonyl (C=O) groups excluding carboxylic acids is 1. The molecule has 0 bridgehead atoms. The standard InChI is InChI=1S/C14H18N2O2/c1-4-9-16(3)11(2)10-12-5-7-13(8-6-12)14(17)15-18/h1,5-8,11,18H,9-10H2,2-3H3,(H,15,17). The molecule has 1 aromatic carbocycles. The molecule has 1 aromatic rings. The van der Waals surface area contributed by atoms with E-state index >= 15 is 0 Å². The minimum Gasteiger partial charge on any atom is -0.292 e. The second-order valence-electron chi connectivity index (χ2n) is 4.31. The summed E-state index contributed by atoms with van der Waals surface area (Å²) in [5, 5.41) is 8.51. The van der Waals surface area contributed by atoms with Crippen molar-refractivity contribution in [1.29, 1.82) is 0 Å². The van der Waals surface area contributed by atoms with Gasteiger partial charge in [0.1, 0.15) is 0 Å². The first kappa shape index (κ1) is 14.2. The molecule has 0 aromatic heterocycles. The Balaban J connectivity index is 2.64. The van der Waals surface area contributed by atoms with E-state index in [1.54, 1.807) is 17.6 Å². The van der Waals surface area contributed by atoms with Crippen LogP contribution in [0.3, 0.4) is 0 Å². The van der Waals surface area contributed by atoms with Crippen LogP contribution in [0.4, 0.5) is 0 Å². The lowest BCUT2D eigenvalue weighted by molar-refractivity contribution is 0.0706. The molecular formula is C14H18N2O2. The van der Waals surface area contributed by atoms with Crippen molar-refractivity contribution < 1.29 is 10.0 Å². The van der Waals surface area contributed by atoms with Crippen LogP contribution in [0.5, 0.6) is 0 Å². The first-order chi connectivity index (χ1) is 8.58. The first-order valence-corrected chi connectivity index (χ1v) is 5.75. The number of hydroxylamine groups is 1. The number of hydrogen-bond donors (Lipinski definition) is 2. The van der Waals surface area contributed by atoms with Crippen LogP contribution < -0.4 is 5.48 Å². The van der Waals surface area contributed by atoms with Crippen molar-refractivity contribution >= 4 is 5.91 Å². The van der Waals surface area contributed by atoms with Crippen LogP contribution in [0, 0.1) is 12.3 Å². The van der Waals surface area contributed by atoms with Gasteiger partial charge >= 0.3 is 0 Å². The van der Waals surface area contributed by atoms with Gasteiger partial charge in [-0.05, 0) is 38.1 Å². The van der Waals surface area contributed by atoms with Crippen LogP contribution in [-0.2, 0) is 6.42 Å². The number of likely N-dealkylation sites (N-methyl/N-ethyl adjacent to an activating group) is 1. The Morgan fingerprint density at radius 2 is 2.11 bits per heavy atom. The zero-order valence-corrected chi connectivity index (χ0v) is 10.7. The van der Waals surface area contributed by atoms with Gasteiger partial charge in [0.25, 0.3) is 5.91 Å². The zero-order valence-electron chi connectivity index (χ0n) is 10.7. The largest absolute Gasteiger partial charge is 0.292 e. The van der Waals surface area contributed by atoms with E-state index in [4.69, 9.17) is 11.6 Å².